The Bertz CT molecular complexity index is 2470. The molecule has 1 saturated carbocycles. The van der Waals surface area contributed by atoms with Crippen molar-refractivity contribution >= 4 is 69.5 Å². The molecule has 66 heavy (non-hydrogen) atoms. The number of carbonyl (C=O) groups is 6. The maximum absolute atomic E-state index is 15.4. The molecule has 2 aliphatic rings. The number of nitrogens with one attached hydrogen (secondary N) is 4. The van der Waals surface area contributed by atoms with E-state index >= 15 is 4.39 Å². The fourth-order valence-corrected chi connectivity index (χ4v) is 8.69. The Morgan fingerprint density at radius 1 is 1.02 bits per heavy atom. The predicted octanol–water partition coefficient (Wildman–Crippen LogP) is 4.87. The summed E-state index contributed by atoms with van der Waals surface area (Å²) in [6.07, 6.45) is 4.35. The molecule has 0 radical (unpaired) electrons. The average molecular weight is 931 g/mol. The molecule has 18 nitrogen and oxygen atoms in total. The zero-order chi connectivity index (χ0) is 47.4. The summed E-state index contributed by atoms with van der Waals surface area (Å²) in [5.41, 5.74) is 5.55. The van der Waals surface area contributed by atoms with Gasteiger partial charge in [-0.05, 0) is 84.8 Å². The van der Waals surface area contributed by atoms with Gasteiger partial charge < -0.3 is 55.9 Å². The normalized spacial score (nSPS) is 15.1. The van der Waals surface area contributed by atoms with Crippen LogP contribution >= 0.6 is 11.3 Å². The number of piperazine rings is 1. The fourth-order valence-electron chi connectivity index (χ4n) is 7.98. The molecule has 1 aliphatic heterocycles. The lowest BCUT2D eigenvalue weighted by Crippen LogP contribution is -2.58. The van der Waals surface area contributed by atoms with Crippen molar-refractivity contribution in [2.75, 3.05) is 56.1 Å². The molecule has 2 aromatic carbocycles. The predicted molar refractivity (Wildman–Crippen MR) is 246 cm³/mol. The number of hydrogen-bond donors (Lipinski definition) is 6. The molecule has 0 spiro atoms. The maximum Gasteiger partial charge on any atom is 0.410 e. The largest absolute Gasteiger partial charge is 0.477 e. The Morgan fingerprint density at radius 3 is 2.36 bits per heavy atom. The molecule has 1 saturated heterocycles. The van der Waals surface area contributed by atoms with Crippen LogP contribution in [0, 0.1) is 11.2 Å². The van der Waals surface area contributed by atoms with Crippen LogP contribution in [-0.4, -0.2) is 102 Å². The Hall–Kier alpha value is -6.96. The molecule has 3 heterocycles. The van der Waals surface area contributed by atoms with Gasteiger partial charge in [0.2, 0.25) is 17.2 Å². The van der Waals surface area contributed by atoms with Gasteiger partial charge in [-0.15, -0.1) is 0 Å². The molecule has 4 aromatic rings. The molecule has 2 aromatic heterocycles. The number of aromatic nitrogens is 1. The number of halogens is 1. The van der Waals surface area contributed by atoms with Crippen LogP contribution in [0.5, 0.6) is 0 Å². The monoisotopic (exact) mass is 930 g/mol. The van der Waals surface area contributed by atoms with Crippen LogP contribution in [0.3, 0.4) is 0 Å². The number of primary amides is 1. The van der Waals surface area contributed by atoms with Crippen LogP contribution in [0.25, 0.3) is 10.9 Å². The Labute approximate surface area is 384 Å². The highest BCUT2D eigenvalue weighted by molar-refractivity contribution is 7.08. The van der Waals surface area contributed by atoms with E-state index in [9.17, 15) is 38.7 Å². The van der Waals surface area contributed by atoms with Crippen LogP contribution < -0.4 is 37.3 Å². The van der Waals surface area contributed by atoms with Crippen molar-refractivity contribution in [2.24, 2.45) is 11.1 Å². The molecule has 5 amide bonds. The minimum absolute atomic E-state index is 0.00945. The standard InChI is InChI=1S/C46H55FN8O10S/c1-3-20-64-39(56)23-36(30-12-21-66-28-30)52-43(61)46(13-6-14-46)42(60)51-32(7-5-15-49-44(48)62)25-50-31-10-8-29(9-11-31)27-65-45(63)55-18-16-54(17-19-55)38-24-37-33(22-35(38)47)40(57)34(41(58)59)26-53(37)4-2/h3,8-12,21-22,24,26,28,32,36,50H,1,4-7,13-20,23,25,27H2,2H3,(H,51,60)(H,52,61)(H,58,59)(H3,48,49,62)/t32-,36+/m1/s1. The van der Waals surface area contributed by atoms with E-state index in [1.165, 1.54) is 28.5 Å². The number of thiophene rings is 1. The van der Waals surface area contributed by atoms with Gasteiger partial charge in [0.15, 0.2) is 0 Å². The molecule has 6 rings (SSSR count). The Balaban J connectivity index is 1.01. The number of anilines is 2. The lowest BCUT2D eigenvalue weighted by Gasteiger charge is -2.40. The second kappa shape index (κ2) is 22.3. The molecule has 2 atom stereocenters. The SMILES string of the molecule is C=CCOC(=O)C[C@H](NC(=O)C1(C(=O)N[C@H](CCCNC(N)=O)CNc2ccc(COC(=O)N3CCN(c4cc5c(cc4F)c(=O)c(C(=O)O)cn5CC)CC3)cc2)CCC1)c1ccsc1. The number of fused-ring (bicyclic) bond motifs is 1. The molecule has 352 valence electrons. The molecule has 20 heteroatoms. The van der Waals surface area contributed by atoms with E-state index < -0.39 is 70.2 Å². The number of aromatic carboxylic acids is 1. The lowest BCUT2D eigenvalue weighted by molar-refractivity contribution is -0.150. The molecular formula is C46H55FN8O10S. The van der Waals surface area contributed by atoms with Gasteiger partial charge in [0, 0.05) is 69.1 Å². The molecule has 0 bridgehead atoms. The molecule has 0 unspecified atom stereocenters. The first-order chi connectivity index (χ1) is 31.7. The summed E-state index contributed by atoms with van der Waals surface area (Å²) in [7, 11) is 0. The van der Waals surface area contributed by atoms with Crippen molar-refractivity contribution in [2.45, 2.75) is 70.7 Å². The zero-order valence-corrected chi connectivity index (χ0v) is 37.5. The van der Waals surface area contributed by atoms with E-state index in [0.717, 1.165) is 11.6 Å². The summed E-state index contributed by atoms with van der Waals surface area (Å²) in [5, 5.41) is 25.0. The highest BCUT2D eigenvalue weighted by atomic mass is 32.1. The van der Waals surface area contributed by atoms with Gasteiger partial charge in [-0.1, -0.05) is 31.2 Å². The number of carbonyl (C=O) groups excluding carboxylic acids is 5. The van der Waals surface area contributed by atoms with E-state index in [1.807, 2.05) is 16.8 Å². The number of ether oxygens (including phenoxy) is 2. The molecule has 7 N–H and O–H groups in total. The highest BCUT2D eigenvalue weighted by Gasteiger charge is 2.51. The number of urea groups is 1. The first kappa shape index (κ1) is 48.5. The second-order valence-corrected chi connectivity index (χ2v) is 17.0. The Kier molecular flexibility index (Phi) is 16.4. The number of carboxylic acid groups (broad SMARTS) is 1. The third kappa shape index (κ3) is 11.8. The summed E-state index contributed by atoms with van der Waals surface area (Å²) >= 11 is 1.42. The fraction of sp³-hybridized carbons (Fsp3) is 0.413. The number of aryl methyl sites for hydroxylation is 1. The van der Waals surface area contributed by atoms with Gasteiger partial charge in [-0.2, -0.15) is 11.3 Å². The number of benzene rings is 2. The van der Waals surface area contributed by atoms with Gasteiger partial charge in [0.05, 0.1) is 23.7 Å². The maximum atomic E-state index is 15.4. The van der Waals surface area contributed by atoms with Crippen LogP contribution in [0.15, 0.2) is 76.9 Å². The van der Waals surface area contributed by atoms with Crippen LogP contribution in [0.4, 0.5) is 25.4 Å². The third-order valence-electron chi connectivity index (χ3n) is 11.9. The van der Waals surface area contributed by atoms with Crippen LogP contribution in [-0.2, 0) is 37.0 Å². The van der Waals surface area contributed by atoms with Crippen molar-refractivity contribution in [3.05, 3.63) is 105 Å². The average Bonchev–Trinajstić information content (AvgIpc) is 3.83. The quantitative estimate of drug-likeness (QED) is 0.0284. The van der Waals surface area contributed by atoms with E-state index in [0.29, 0.717) is 68.5 Å². The topological polar surface area (TPSA) is 244 Å². The summed E-state index contributed by atoms with van der Waals surface area (Å²) < 4.78 is 27.7. The highest BCUT2D eigenvalue weighted by Crippen LogP contribution is 2.42. The summed E-state index contributed by atoms with van der Waals surface area (Å²) in [4.78, 5) is 92.4. The molecule has 1 aliphatic carbocycles. The van der Waals surface area contributed by atoms with Gasteiger partial charge in [0.25, 0.3) is 0 Å². The number of nitrogens with zero attached hydrogens (tertiary/aromatic N) is 3. The van der Waals surface area contributed by atoms with E-state index in [4.69, 9.17) is 15.2 Å². The summed E-state index contributed by atoms with van der Waals surface area (Å²) in [5.74, 6) is -3.46. The van der Waals surface area contributed by atoms with Crippen LogP contribution in [0.2, 0.25) is 0 Å². The number of rotatable bonds is 21. The second-order valence-electron chi connectivity index (χ2n) is 16.2. The summed E-state index contributed by atoms with van der Waals surface area (Å²) in [6, 6.07) is 9.81. The number of esters is 1. The van der Waals surface area contributed by atoms with Crippen molar-refractivity contribution in [3.63, 3.8) is 0 Å². The third-order valence-corrected chi connectivity index (χ3v) is 12.6. The number of hydrogen-bond acceptors (Lipinski definition) is 12. The van der Waals surface area contributed by atoms with Gasteiger partial charge in [-0.25, -0.2) is 18.8 Å². The first-order valence-electron chi connectivity index (χ1n) is 21.8. The summed E-state index contributed by atoms with van der Waals surface area (Å²) in [6.45, 7) is 7.40. The molecule has 2 fully saturated rings. The smallest absolute Gasteiger partial charge is 0.410 e. The van der Waals surface area contributed by atoms with Crippen molar-refractivity contribution in [3.8, 4) is 0 Å². The van der Waals surface area contributed by atoms with Crippen LogP contribution in [0.1, 0.15) is 73.0 Å². The van der Waals surface area contributed by atoms with E-state index in [2.05, 4.69) is 27.8 Å². The Morgan fingerprint density at radius 2 is 1.74 bits per heavy atom. The number of nitrogens with two attached hydrogens (primary N) is 1. The van der Waals surface area contributed by atoms with Crippen molar-refractivity contribution < 1.29 is 47.7 Å². The van der Waals surface area contributed by atoms with E-state index in [-0.39, 0.29) is 56.9 Å². The number of carboxylic acids is 1. The molecular weight excluding hydrogens is 876 g/mol. The van der Waals surface area contributed by atoms with Gasteiger partial charge in [0.1, 0.15) is 30.0 Å². The zero-order valence-electron chi connectivity index (χ0n) is 36.6. The number of amides is 5. The van der Waals surface area contributed by atoms with E-state index in [1.54, 1.807) is 46.7 Å². The minimum Gasteiger partial charge on any atom is -0.477 e. The number of pyridine rings is 1. The van der Waals surface area contributed by atoms with Gasteiger partial charge >= 0.3 is 24.1 Å². The van der Waals surface area contributed by atoms with Gasteiger partial charge in [-0.3, -0.25) is 19.2 Å². The minimum atomic E-state index is -1.38. The van der Waals surface area contributed by atoms with Crippen molar-refractivity contribution in [1.29, 1.82) is 0 Å². The van der Waals surface area contributed by atoms with Crippen molar-refractivity contribution in [1.82, 2.24) is 25.4 Å². The lowest BCUT2D eigenvalue weighted by atomic mass is 9.67. The first-order valence-corrected chi connectivity index (χ1v) is 22.7.